The van der Waals surface area contributed by atoms with Crippen LogP contribution in [0.3, 0.4) is 0 Å². The lowest BCUT2D eigenvalue weighted by molar-refractivity contribution is 0.647. The van der Waals surface area contributed by atoms with E-state index >= 15 is 0 Å². The molecule has 0 aromatic carbocycles. The minimum Gasteiger partial charge on any atom is -0.348 e. The summed E-state index contributed by atoms with van der Waals surface area (Å²) in [5.74, 6) is 0.545. The first-order valence-corrected chi connectivity index (χ1v) is 8.79. The standard InChI is InChI=1S/C16H31N3S/c1-7-10-17-11-14-15(12(4)8-2)18-16(20-14)19(6)13(5)9-3/h12-13,17H,7-11H2,1-6H3. The van der Waals surface area contributed by atoms with Gasteiger partial charge in [-0.05, 0) is 38.6 Å². The van der Waals surface area contributed by atoms with Gasteiger partial charge < -0.3 is 10.2 Å². The van der Waals surface area contributed by atoms with E-state index in [4.69, 9.17) is 4.98 Å². The van der Waals surface area contributed by atoms with Crippen LogP contribution in [-0.2, 0) is 6.54 Å². The van der Waals surface area contributed by atoms with Gasteiger partial charge in [0.05, 0.1) is 5.69 Å². The summed E-state index contributed by atoms with van der Waals surface area (Å²) in [7, 11) is 2.16. The van der Waals surface area contributed by atoms with Gasteiger partial charge in [-0.2, -0.15) is 0 Å². The van der Waals surface area contributed by atoms with E-state index in [1.165, 1.54) is 22.1 Å². The van der Waals surface area contributed by atoms with Crippen molar-refractivity contribution in [3.05, 3.63) is 10.6 Å². The van der Waals surface area contributed by atoms with Gasteiger partial charge in [-0.25, -0.2) is 4.98 Å². The zero-order valence-corrected chi connectivity index (χ0v) is 14.8. The zero-order valence-electron chi connectivity index (χ0n) is 14.0. The van der Waals surface area contributed by atoms with Gasteiger partial charge >= 0.3 is 0 Å². The van der Waals surface area contributed by atoms with Crippen LogP contribution in [-0.4, -0.2) is 24.6 Å². The maximum Gasteiger partial charge on any atom is 0.185 e. The Morgan fingerprint density at radius 1 is 1.20 bits per heavy atom. The van der Waals surface area contributed by atoms with Gasteiger partial charge in [-0.3, -0.25) is 0 Å². The quantitative estimate of drug-likeness (QED) is 0.685. The van der Waals surface area contributed by atoms with E-state index in [9.17, 15) is 0 Å². The number of hydrogen-bond acceptors (Lipinski definition) is 4. The topological polar surface area (TPSA) is 28.2 Å². The molecule has 0 spiro atoms. The smallest absolute Gasteiger partial charge is 0.185 e. The second kappa shape index (κ2) is 8.63. The predicted molar refractivity (Wildman–Crippen MR) is 91.0 cm³/mol. The molecule has 0 saturated heterocycles. The molecule has 1 N–H and O–H groups in total. The number of thiazole rings is 1. The Morgan fingerprint density at radius 2 is 1.90 bits per heavy atom. The van der Waals surface area contributed by atoms with Gasteiger partial charge in [0.15, 0.2) is 5.13 Å². The SMILES string of the molecule is CCCNCc1sc(N(C)C(C)CC)nc1C(C)CC. The summed E-state index contributed by atoms with van der Waals surface area (Å²) < 4.78 is 0. The molecule has 1 rings (SSSR count). The first-order valence-electron chi connectivity index (χ1n) is 7.98. The fourth-order valence-electron chi connectivity index (χ4n) is 2.05. The van der Waals surface area contributed by atoms with E-state index in [1.54, 1.807) is 0 Å². The van der Waals surface area contributed by atoms with Crippen LogP contribution in [0, 0.1) is 0 Å². The third kappa shape index (κ3) is 4.45. The highest BCUT2D eigenvalue weighted by Crippen LogP contribution is 2.32. The van der Waals surface area contributed by atoms with Gasteiger partial charge in [0.2, 0.25) is 0 Å². The summed E-state index contributed by atoms with van der Waals surface area (Å²) in [6.07, 6.45) is 3.48. The number of aromatic nitrogens is 1. The van der Waals surface area contributed by atoms with Crippen LogP contribution in [0.2, 0.25) is 0 Å². The van der Waals surface area contributed by atoms with Gasteiger partial charge in [0.25, 0.3) is 0 Å². The third-order valence-electron chi connectivity index (χ3n) is 4.06. The summed E-state index contributed by atoms with van der Waals surface area (Å²) in [5.41, 5.74) is 1.30. The number of hydrogen-bond donors (Lipinski definition) is 1. The Morgan fingerprint density at radius 3 is 2.45 bits per heavy atom. The van der Waals surface area contributed by atoms with Crippen molar-refractivity contribution >= 4 is 16.5 Å². The Bertz CT molecular complexity index is 389. The van der Waals surface area contributed by atoms with E-state index < -0.39 is 0 Å². The fraction of sp³-hybridized carbons (Fsp3) is 0.812. The van der Waals surface area contributed by atoms with Crippen molar-refractivity contribution in [2.24, 2.45) is 0 Å². The van der Waals surface area contributed by atoms with Crippen molar-refractivity contribution < 1.29 is 0 Å². The van der Waals surface area contributed by atoms with Crippen molar-refractivity contribution in [2.75, 3.05) is 18.5 Å². The molecule has 1 aromatic heterocycles. The molecule has 4 heteroatoms. The Kier molecular flexibility index (Phi) is 7.52. The van der Waals surface area contributed by atoms with Crippen LogP contribution in [0.1, 0.15) is 70.4 Å². The Hall–Kier alpha value is -0.610. The maximum absolute atomic E-state index is 4.93. The minimum atomic E-state index is 0.544. The van der Waals surface area contributed by atoms with Crippen LogP contribution < -0.4 is 10.2 Å². The van der Waals surface area contributed by atoms with Crippen molar-refractivity contribution in [1.29, 1.82) is 0 Å². The average molecular weight is 298 g/mol. The molecule has 0 aliphatic rings. The van der Waals surface area contributed by atoms with Gasteiger partial charge in [-0.15, -0.1) is 11.3 Å². The molecule has 0 bridgehead atoms. The minimum absolute atomic E-state index is 0.544. The van der Waals surface area contributed by atoms with Crippen LogP contribution in [0.25, 0.3) is 0 Å². The number of nitrogens with zero attached hydrogens (tertiary/aromatic N) is 2. The van der Waals surface area contributed by atoms with Crippen molar-refractivity contribution in [3.8, 4) is 0 Å². The van der Waals surface area contributed by atoms with Gasteiger partial charge in [0, 0.05) is 24.5 Å². The highest BCUT2D eigenvalue weighted by atomic mass is 32.1. The molecule has 0 fully saturated rings. The largest absolute Gasteiger partial charge is 0.348 e. The first kappa shape index (κ1) is 17.4. The zero-order chi connectivity index (χ0) is 15.1. The highest BCUT2D eigenvalue weighted by molar-refractivity contribution is 7.15. The fourth-order valence-corrected chi connectivity index (χ4v) is 3.26. The van der Waals surface area contributed by atoms with Crippen molar-refractivity contribution in [2.45, 2.75) is 72.4 Å². The molecule has 116 valence electrons. The Balaban J connectivity index is 2.92. The molecular weight excluding hydrogens is 266 g/mol. The monoisotopic (exact) mass is 297 g/mol. The molecular formula is C16H31N3S. The highest BCUT2D eigenvalue weighted by Gasteiger charge is 2.19. The second-order valence-corrected chi connectivity index (χ2v) is 6.72. The Labute approximate surface area is 128 Å². The van der Waals surface area contributed by atoms with Gasteiger partial charge in [0.1, 0.15) is 0 Å². The molecule has 0 radical (unpaired) electrons. The third-order valence-corrected chi connectivity index (χ3v) is 5.22. The summed E-state index contributed by atoms with van der Waals surface area (Å²) in [4.78, 5) is 8.67. The molecule has 2 unspecified atom stereocenters. The lowest BCUT2D eigenvalue weighted by atomic mass is 10.0. The van der Waals surface area contributed by atoms with Crippen molar-refractivity contribution in [3.63, 3.8) is 0 Å². The summed E-state index contributed by atoms with van der Waals surface area (Å²) in [6.45, 7) is 13.3. The second-order valence-electron chi connectivity index (χ2n) is 5.66. The number of nitrogens with one attached hydrogen (secondary N) is 1. The summed E-state index contributed by atoms with van der Waals surface area (Å²) >= 11 is 1.86. The number of anilines is 1. The normalized spacial score (nSPS) is 14.3. The molecule has 0 aliphatic heterocycles. The van der Waals surface area contributed by atoms with E-state index in [2.05, 4.69) is 51.9 Å². The first-order chi connectivity index (χ1) is 9.54. The maximum atomic E-state index is 4.93. The van der Waals surface area contributed by atoms with Crippen LogP contribution >= 0.6 is 11.3 Å². The molecule has 1 aromatic rings. The van der Waals surface area contributed by atoms with E-state index in [0.717, 1.165) is 25.9 Å². The molecule has 3 nitrogen and oxygen atoms in total. The summed E-state index contributed by atoms with van der Waals surface area (Å²) in [6, 6.07) is 0.544. The average Bonchev–Trinajstić information content (AvgIpc) is 2.89. The van der Waals surface area contributed by atoms with Crippen LogP contribution in [0.4, 0.5) is 5.13 Å². The van der Waals surface area contributed by atoms with Gasteiger partial charge in [-0.1, -0.05) is 27.7 Å². The van der Waals surface area contributed by atoms with E-state index in [1.807, 2.05) is 11.3 Å². The lowest BCUT2D eigenvalue weighted by Crippen LogP contribution is -2.27. The molecule has 0 saturated carbocycles. The van der Waals surface area contributed by atoms with Crippen LogP contribution in [0.5, 0.6) is 0 Å². The summed E-state index contributed by atoms with van der Waals surface area (Å²) in [5, 5.41) is 4.69. The lowest BCUT2D eigenvalue weighted by Gasteiger charge is -2.22. The van der Waals surface area contributed by atoms with E-state index in [-0.39, 0.29) is 0 Å². The molecule has 1 heterocycles. The predicted octanol–water partition coefficient (Wildman–Crippen LogP) is 4.39. The van der Waals surface area contributed by atoms with E-state index in [0.29, 0.717) is 12.0 Å². The van der Waals surface area contributed by atoms with Crippen molar-refractivity contribution in [1.82, 2.24) is 10.3 Å². The molecule has 20 heavy (non-hydrogen) atoms. The number of rotatable bonds is 9. The molecule has 0 aliphatic carbocycles. The van der Waals surface area contributed by atoms with Crippen LogP contribution in [0.15, 0.2) is 0 Å². The molecule has 0 amide bonds. The molecule has 2 atom stereocenters.